The average Bonchev–Trinajstić information content (AvgIpc) is 3.47. The van der Waals surface area contributed by atoms with Crippen molar-refractivity contribution in [2.75, 3.05) is 40.3 Å². The first-order valence-corrected chi connectivity index (χ1v) is 17.9. The van der Waals surface area contributed by atoms with E-state index in [9.17, 15) is 29.1 Å². The van der Waals surface area contributed by atoms with Gasteiger partial charge in [0.05, 0.1) is 24.7 Å². The number of hydrogen-bond donors (Lipinski definition) is 8. The SMILES string of the molecule is COc1ccc2c3c1O[C@H]1C(OC(=O)N4CCCCC4NC(=O)[C@H](CCCNC(=N)N)NC(=O)CNC(=O)CC(=O)O)=CC[C@@]4(O)[C@@H](C2)N(C)CC[C@]314. The summed E-state index contributed by atoms with van der Waals surface area (Å²) in [5.41, 5.74) is 5.30. The molecule has 5 aliphatic rings. The second kappa shape index (κ2) is 15.1. The van der Waals surface area contributed by atoms with Crippen molar-refractivity contribution >= 4 is 35.7 Å². The zero-order valence-electron chi connectivity index (χ0n) is 29.9. The van der Waals surface area contributed by atoms with Crippen molar-refractivity contribution in [2.24, 2.45) is 5.73 Å². The van der Waals surface area contributed by atoms with Gasteiger partial charge in [-0.15, -0.1) is 0 Å². The zero-order chi connectivity index (χ0) is 38.1. The number of aliphatic hydroxyl groups is 1. The van der Waals surface area contributed by atoms with Gasteiger partial charge in [0.2, 0.25) is 17.7 Å². The number of likely N-dealkylation sites (N-methyl/N-ethyl adjacent to an activating group) is 1. The van der Waals surface area contributed by atoms with Crippen LogP contribution in [0.2, 0.25) is 0 Å². The fourth-order valence-corrected chi connectivity index (χ4v) is 8.73. The van der Waals surface area contributed by atoms with Gasteiger partial charge in [0.1, 0.15) is 24.4 Å². The summed E-state index contributed by atoms with van der Waals surface area (Å²) in [6.45, 7) is 0.696. The minimum Gasteiger partial charge on any atom is -0.493 e. The van der Waals surface area contributed by atoms with Crippen LogP contribution >= 0.6 is 0 Å². The van der Waals surface area contributed by atoms with Gasteiger partial charge in [0.25, 0.3) is 0 Å². The first-order valence-electron chi connectivity index (χ1n) is 17.9. The summed E-state index contributed by atoms with van der Waals surface area (Å²) in [5.74, 6) is -2.39. The Morgan fingerprint density at radius 3 is 2.68 bits per heavy atom. The number of carboxylic acids is 1. The number of methoxy groups -OCH3 is 1. The van der Waals surface area contributed by atoms with Crippen LogP contribution in [0.25, 0.3) is 0 Å². The van der Waals surface area contributed by atoms with E-state index in [0.29, 0.717) is 56.6 Å². The summed E-state index contributed by atoms with van der Waals surface area (Å²) in [6.07, 6.45) is 2.38. The van der Waals surface area contributed by atoms with Crippen molar-refractivity contribution in [3.05, 3.63) is 35.1 Å². The fourth-order valence-electron chi connectivity index (χ4n) is 8.73. The number of amides is 4. The number of piperidine rings is 2. The lowest BCUT2D eigenvalue weighted by molar-refractivity contribution is -0.163. The third-order valence-electron chi connectivity index (χ3n) is 11.2. The van der Waals surface area contributed by atoms with E-state index in [4.69, 9.17) is 30.5 Å². The first-order chi connectivity index (χ1) is 25.3. The molecule has 9 N–H and O–H groups in total. The van der Waals surface area contributed by atoms with E-state index in [1.54, 1.807) is 13.2 Å². The van der Waals surface area contributed by atoms with Gasteiger partial charge in [-0.3, -0.25) is 29.5 Å². The summed E-state index contributed by atoms with van der Waals surface area (Å²) >= 11 is 0. The van der Waals surface area contributed by atoms with Crippen LogP contribution in [0.4, 0.5) is 4.79 Å². The van der Waals surface area contributed by atoms with Crippen molar-refractivity contribution in [3.8, 4) is 11.5 Å². The molecule has 3 aliphatic heterocycles. The number of carbonyl (C=O) groups is 5. The maximum Gasteiger partial charge on any atom is 0.416 e. The van der Waals surface area contributed by atoms with Crippen molar-refractivity contribution in [1.29, 1.82) is 5.41 Å². The monoisotopic (exact) mass is 740 g/mol. The fraction of sp³-hybridized carbons (Fsp3) is 0.600. The van der Waals surface area contributed by atoms with Crippen LogP contribution in [-0.2, 0) is 35.8 Å². The molecule has 53 heavy (non-hydrogen) atoms. The van der Waals surface area contributed by atoms with Crippen LogP contribution in [-0.4, -0.2) is 126 Å². The van der Waals surface area contributed by atoms with Crippen molar-refractivity contribution in [1.82, 2.24) is 31.1 Å². The van der Waals surface area contributed by atoms with E-state index in [1.807, 2.05) is 19.2 Å². The predicted molar refractivity (Wildman–Crippen MR) is 187 cm³/mol. The number of hydrogen-bond acceptors (Lipinski definition) is 11. The number of likely N-dealkylation sites (tertiary alicyclic amines) is 2. The summed E-state index contributed by atoms with van der Waals surface area (Å²) in [5, 5.41) is 39.0. The smallest absolute Gasteiger partial charge is 0.416 e. The maximum atomic E-state index is 14.0. The number of nitrogens with one attached hydrogen (secondary N) is 5. The van der Waals surface area contributed by atoms with E-state index in [2.05, 4.69) is 26.2 Å². The molecule has 2 aliphatic carbocycles. The van der Waals surface area contributed by atoms with Crippen molar-refractivity contribution in [2.45, 2.75) is 93.2 Å². The van der Waals surface area contributed by atoms with E-state index in [0.717, 1.165) is 11.1 Å². The Bertz CT molecular complexity index is 1700. The molecule has 18 heteroatoms. The van der Waals surface area contributed by atoms with Crippen LogP contribution in [0.1, 0.15) is 62.5 Å². The number of nitrogens with two attached hydrogens (primary N) is 1. The topological polar surface area (TPSA) is 258 Å². The molecule has 2 fully saturated rings. The van der Waals surface area contributed by atoms with Gasteiger partial charge in [-0.1, -0.05) is 6.07 Å². The average molecular weight is 741 g/mol. The highest BCUT2D eigenvalue weighted by Crippen LogP contribution is 2.65. The normalized spacial score (nSPS) is 27.2. The van der Waals surface area contributed by atoms with Crippen molar-refractivity contribution < 1.29 is 48.4 Å². The molecule has 1 unspecified atom stereocenters. The lowest BCUT2D eigenvalue weighted by Gasteiger charge is -2.61. The van der Waals surface area contributed by atoms with E-state index in [-0.39, 0.29) is 43.7 Å². The molecule has 1 aromatic rings. The molecule has 2 bridgehead atoms. The number of aliphatic carboxylic acids is 1. The van der Waals surface area contributed by atoms with Gasteiger partial charge in [-0.2, -0.15) is 0 Å². The molecule has 2 saturated heterocycles. The summed E-state index contributed by atoms with van der Waals surface area (Å²) in [4.78, 5) is 66.6. The highest BCUT2D eigenvalue weighted by Gasteiger charge is 2.72. The molecule has 1 spiro atoms. The molecular weight excluding hydrogens is 692 g/mol. The van der Waals surface area contributed by atoms with Gasteiger partial charge < -0.3 is 56.3 Å². The first kappa shape index (κ1) is 37.7. The highest BCUT2D eigenvalue weighted by molar-refractivity contribution is 5.96. The number of carboxylic acid groups (broad SMARTS) is 1. The molecule has 0 saturated carbocycles. The second-order valence-electron chi connectivity index (χ2n) is 14.3. The maximum absolute atomic E-state index is 14.0. The lowest BCUT2D eigenvalue weighted by atomic mass is 9.50. The third kappa shape index (κ3) is 7.04. The van der Waals surface area contributed by atoms with E-state index < -0.39 is 72.1 Å². The molecule has 6 atom stereocenters. The van der Waals surface area contributed by atoms with Gasteiger partial charge in [0.15, 0.2) is 23.6 Å². The molecule has 0 radical (unpaired) electrons. The van der Waals surface area contributed by atoms with Gasteiger partial charge in [-0.05, 0) is 76.2 Å². The van der Waals surface area contributed by atoms with Crippen LogP contribution in [0.3, 0.4) is 0 Å². The number of carbonyl (C=O) groups excluding carboxylic acids is 4. The van der Waals surface area contributed by atoms with Gasteiger partial charge >= 0.3 is 12.1 Å². The number of ether oxygens (including phenoxy) is 3. The van der Waals surface area contributed by atoms with Crippen LogP contribution in [0.15, 0.2) is 24.0 Å². The molecule has 18 nitrogen and oxygen atoms in total. The molecule has 0 aromatic heterocycles. The summed E-state index contributed by atoms with van der Waals surface area (Å²) in [7, 11) is 3.58. The van der Waals surface area contributed by atoms with Crippen LogP contribution in [0.5, 0.6) is 11.5 Å². The molecule has 4 amide bonds. The van der Waals surface area contributed by atoms with Crippen molar-refractivity contribution in [3.63, 3.8) is 0 Å². The minimum absolute atomic E-state index is 0.122. The Labute approximate surface area is 306 Å². The molecule has 3 heterocycles. The third-order valence-corrected chi connectivity index (χ3v) is 11.2. The Balaban J connectivity index is 1.17. The Morgan fingerprint density at radius 1 is 1.15 bits per heavy atom. The van der Waals surface area contributed by atoms with Crippen LogP contribution in [0, 0.1) is 5.41 Å². The predicted octanol–water partition coefficient (Wildman–Crippen LogP) is -0.623. The zero-order valence-corrected chi connectivity index (χ0v) is 29.9. The highest BCUT2D eigenvalue weighted by atomic mass is 16.6. The van der Waals surface area contributed by atoms with Gasteiger partial charge in [0, 0.05) is 31.1 Å². The number of guanidine groups is 1. The number of nitrogens with zero attached hydrogens (tertiary/aromatic N) is 2. The lowest BCUT2D eigenvalue weighted by Crippen LogP contribution is -2.74. The number of benzene rings is 1. The standard InChI is InChI=1S/C35H48N8O10/c1-42-15-12-34-28-19-8-9-21(51-2)29(28)53-30(34)22(10-11-35(34,50)23(42)16-19)52-33(49)43-14-4-3-7-24(43)41-31(48)20(6-5-13-38-32(36)37)40-26(45)18-39-25(44)17-27(46)47/h8-10,20,23-24,30,50H,3-7,11-18H2,1-2H3,(H,39,44)(H,40,45)(H,41,48)(H,46,47)(H4,36,37,38)/t20-,23+,24?,30-,34-,35+/m0/s1. The second-order valence-corrected chi connectivity index (χ2v) is 14.3. The largest absolute Gasteiger partial charge is 0.493 e. The number of rotatable bonds is 13. The van der Waals surface area contributed by atoms with E-state index >= 15 is 0 Å². The molecule has 6 rings (SSSR count). The summed E-state index contributed by atoms with van der Waals surface area (Å²) < 4.78 is 18.4. The molecular formula is C35H48N8O10. The Kier molecular flexibility index (Phi) is 10.7. The molecule has 288 valence electrons. The minimum atomic E-state index is -1.35. The van der Waals surface area contributed by atoms with E-state index in [1.165, 1.54) is 4.90 Å². The quantitative estimate of drug-likeness (QED) is 0.0544. The Hall–Kier alpha value is -5.10. The van der Waals surface area contributed by atoms with Gasteiger partial charge in [-0.25, -0.2) is 4.79 Å². The Morgan fingerprint density at radius 2 is 1.94 bits per heavy atom. The summed E-state index contributed by atoms with van der Waals surface area (Å²) in [6, 6.07) is 2.62. The molecule has 1 aromatic carbocycles. The van der Waals surface area contributed by atoms with Crippen LogP contribution < -0.4 is 36.5 Å².